The van der Waals surface area contributed by atoms with Crippen LogP contribution in [0.2, 0.25) is 0 Å². The van der Waals surface area contributed by atoms with Gasteiger partial charge in [0.1, 0.15) is 5.69 Å². The molecule has 0 aliphatic heterocycles. The Labute approximate surface area is 227 Å². The number of rotatable bonds is 7. The third kappa shape index (κ3) is 6.73. The number of hydrogen-bond donors (Lipinski definition) is 1. The number of aliphatic carboxylic acids is 1. The molecule has 0 saturated heterocycles. The minimum Gasteiger partial charge on any atom is -0.475 e. The van der Waals surface area contributed by atoms with E-state index in [-0.39, 0.29) is 5.91 Å². The van der Waals surface area contributed by atoms with Crippen LogP contribution in [0.4, 0.5) is 13.2 Å². The number of carbonyl (C=O) groups excluding carboxylic acids is 1. The maximum absolute atomic E-state index is 13.6. The second-order valence-corrected chi connectivity index (χ2v) is 8.77. The Bertz CT molecular complexity index is 1580. The zero-order valence-corrected chi connectivity index (χ0v) is 21.5. The number of aromatic nitrogens is 4. The molecule has 1 N–H and O–H groups in total. The molecule has 0 spiro atoms. The van der Waals surface area contributed by atoms with Gasteiger partial charge in [0.15, 0.2) is 0 Å². The van der Waals surface area contributed by atoms with Gasteiger partial charge in [-0.1, -0.05) is 42.5 Å². The summed E-state index contributed by atoms with van der Waals surface area (Å²) in [6.07, 6.45) is 2.46. The van der Waals surface area contributed by atoms with Crippen LogP contribution in [0.1, 0.15) is 28.4 Å². The first-order valence-corrected chi connectivity index (χ1v) is 12.3. The number of carbonyl (C=O) groups is 2. The van der Waals surface area contributed by atoms with Crippen molar-refractivity contribution in [3.8, 4) is 11.4 Å². The number of amides is 1. The zero-order valence-electron chi connectivity index (χ0n) is 21.5. The van der Waals surface area contributed by atoms with E-state index >= 15 is 0 Å². The van der Waals surface area contributed by atoms with Gasteiger partial charge in [-0.25, -0.2) is 4.79 Å². The highest BCUT2D eigenvalue weighted by Gasteiger charge is 2.38. The Balaban J connectivity index is 0.000000470. The number of benzene rings is 1. The number of alkyl halides is 3. The molecule has 4 aromatic heterocycles. The van der Waals surface area contributed by atoms with Gasteiger partial charge < -0.3 is 14.4 Å². The highest BCUT2D eigenvalue weighted by atomic mass is 19.4. The Hall–Kier alpha value is -4.93. The summed E-state index contributed by atoms with van der Waals surface area (Å²) in [5, 5.41) is 11.9. The number of fused-ring (bicyclic) bond motifs is 1. The normalized spacial score (nSPS) is 11.1. The van der Waals surface area contributed by atoms with Crippen molar-refractivity contribution in [1.82, 2.24) is 24.1 Å². The van der Waals surface area contributed by atoms with E-state index in [1.165, 1.54) is 0 Å². The third-order valence-corrected chi connectivity index (χ3v) is 6.00. The summed E-state index contributed by atoms with van der Waals surface area (Å²) >= 11 is 0. The first-order valence-electron chi connectivity index (χ1n) is 12.3. The number of nitrogens with zero attached hydrogens (tertiary/aromatic N) is 5. The number of halogens is 3. The molecule has 1 amide bonds. The summed E-state index contributed by atoms with van der Waals surface area (Å²) in [5.74, 6) is -2.74. The molecule has 11 heteroatoms. The summed E-state index contributed by atoms with van der Waals surface area (Å²) in [6.45, 7) is 3.87. The highest BCUT2D eigenvalue weighted by Crippen LogP contribution is 2.27. The van der Waals surface area contributed by atoms with Crippen molar-refractivity contribution in [3.63, 3.8) is 0 Å². The van der Waals surface area contributed by atoms with E-state index in [0.29, 0.717) is 25.2 Å². The molecular formula is C29H26F3N5O3. The molecule has 8 nitrogen and oxygen atoms in total. The summed E-state index contributed by atoms with van der Waals surface area (Å²) < 4.78 is 35.7. The molecule has 0 aliphatic carbocycles. The molecule has 0 atom stereocenters. The smallest absolute Gasteiger partial charge is 0.475 e. The van der Waals surface area contributed by atoms with Crippen molar-refractivity contribution in [3.05, 3.63) is 114 Å². The lowest BCUT2D eigenvalue weighted by Gasteiger charge is -2.20. The lowest BCUT2D eigenvalue weighted by atomic mass is 10.1. The van der Waals surface area contributed by atoms with Gasteiger partial charge in [0.05, 0.1) is 23.3 Å². The Kier molecular flexibility index (Phi) is 8.63. The molecule has 0 unspecified atom stereocenters. The van der Waals surface area contributed by atoms with Gasteiger partial charge in [-0.3, -0.25) is 14.5 Å². The van der Waals surface area contributed by atoms with E-state index in [0.717, 1.165) is 28.0 Å². The van der Waals surface area contributed by atoms with Gasteiger partial charge in [-0.05, 0) is 48.4 Å². The summed E-state index contributed by atoms with van der Waals surface area (Å²) in [7, 11) is 0. The lowest BCUT2D eigenvalue weighted by molar-refractivity contribution is -0.192. The fourth-order valence-electron chi connectivity index (χ4n) is 4.09. The minimum atomic E-state index is -5.08. The highest BCUT2D eigenvalue weighted by molar-refractivity contribution is 6.02. The van der Waals surface area contributed by atoms with Crippen LogP contribution in [0, 0.1) is 0 Å². The van der Waals surface area contributed by atoms with Gasteiger partial charge in [-0.15, -0.1) is 0 Å². The zero-order chi connectivity index (χ0) is 28.7. The number of hydrogen-bond acceptors (Lipinski definition) is 4. The van der Waals surface area contributed by atoms with E-state index in [1.807, 2.05) is 112 Å². The number of pyridine rings is 2. The third-order valence-electron chi connectivity index (χ3n) is 6.00. The first-order chi connectivity index (χ1) is 19.2. The summed E-state index contributed by atoms with van der Waals surface area (Å²) in [5.41, 5.74) is 5.49. The van der Waals surface area contributed by atoms with Crippen molar-refractivity contribution in [2.24, 2.45) is 0 Å². The van der Waals surface area contributed by atoms with E-state index in [1.54, 1.807) is 6.20 Å². The monoisotopic (exact) mass is 549 g/mol. The number of carboxylic acids is 1. The van der Waals surface area contributed by atoms with E-state index < -0.39 is 12.1 Å². The molecule has 5 aromatic rings. The molecule has 0 aliphatic rings. The minimum absolute atomic E-state index is 0.0195. The molecule has 40 heavy (non-hydrogen) atoms. The quantitative estimate of drug-likeness (QED) is 0.288. The van der Waals surface area contributed by atoms with Gasteiger partial charge in [0.2, 0.25) is 0 Å². The van der Waals surface area contributed by atoms with E-state index in [9.17, 15) is 18.0 Å². The van der Waals surface area contributed by atoms with Gasteiger partial charge in [-0.2, -0.15) is 18.3 Å². The molecule has 4 heterocycles. The van der Waals surface area contributed by atoms with Crippen molar-refractivity contribution in [2.45, 2.75) is 26.2 Å². The van der Waals surface area contributed by atoms with Crippen LogP contribution in [0.5, 0.6) is 0 Å². The van der Waals surface area contributed by atoms with Gasteiger partial charge >= 0.3 is 12.1 Å². The predicted octanol–water partition coefficient (Wildman–Crippen LogP) is 5.54. The van der Waals surface area contributed by atoms with Crippen molar-refractivity contribution < 1.29 is 27.9 Å². The Morgan fingerprint density at radius 2 is 1.65 bits per heavy atom. The average Bonchev–Trinajstić information content (AvgIpc) is 3.57. The molecule has 1 aromatic carbocycles. The SMILES string of the molecule is CCN(Cc1ccccc1)C(=O)c1cc(-c2ccn(Cc3cccnc3)n2)n2ccccc12.O=C(O)C(F)(F)F. The van der Waals surface area contributed by atoms with Crippen LogP contribution >= 0.6 is 0 Å². The lowest BCUT2D eigenvalue weighted by Crippen LogP contribution is -2.30. The van der Waals surface area contributed by atoms with Crippen LogP contribution in [0.25, 0.3) is 16.9 Å². The summed E-state index contributed by atoms with van der Waals surface area (Å²) in [4.78, 5) is 28.5. The second kappa shape index (κ2) is 12.3. The van der Waals surface area contributed by atoms with Crippen molar-refractivity contribution in [1.29, 1.82) is 0 Å². The van der Waals surface area contributed by atoms with E-state index in [4.69, 9.17) is 15.0 Å². The largest absolute Gasteiger partial charge is 0.490 e. The second-order valence-electron chi connectivity index (χ2n) is 8.77. The van der Waals surface area contributed by atoms with Crippen LogP contribution in [-0.4, -0.2) is 53.8 Å². The van der Waals surface area contributed by atoms with Crippen LogP contribution in [-0.2, 0) is 17.9 Å². The van der Waals surface area contributed by atoms with Gasteiger partial charge in [0, 0.05) is 37.9 Å². The van der Waals surface area contributed by atoms with Crippen molar-refractivity contribution in [2.75, 3.05) is 6.54 Å². The molecule has 0 fully saturated rings. The van der Waals surface area contributed by atoms with Gasteiger partial charge in [0.25, 0.3) is 5.91 Å². The maximum atomic E-state index is 13.6. The standard InChI is InChI=1S/C27H25N5O.C2HF3O2/c1-2-30(19-21-9-4-3-5-10-21)27(33)23-17-26(32-15-7-6-12-25(23)32)24-13-16-31(29-24)20-22-11-8-14-28-18-22;3-2(4,5)1(6)7/h3-18H,2,19-20H2,1H3;(H,6,7). The first kappa shape index (κ1) is 28.1. The average molecular weight is 550 g/mol. The molecule has 0 bridgehead atoms. The van der Waals surface area contributed by atoms with E-state index in [2.05, 4.69) is 4.98 Å². The van der Waals surface area contributed by atoms with Crippen molar-refractivity contribution >= 4 is 17.4 Å². The van der Waals surface area contributed by atoms with Crippen LogP contribution < -0.4 is 0 Å². The summed E-state index contributed by atoms with van der Waals surface area (Å²) in [6, 6.07) is 23.9. The topological polar surface area (TPSA) is 92.7 Å². The maximum Gasteiger partial charge on any atom is 0.490 e. The number of carboxylic acid groups (broad SMARTS) is 1. The molecular weight excluding hydrogens is 523 g/mol. The predicted molar refractivity (Wildman–Crippen MR) is 143 cm³/mol. The molecule has 0 radical (unpaired) electrons. The fraction of sp³-hybridized carbons (Fsp3) is 0.172. The molecule has 5 rings (SSSR count). The fourth-order valence-corrected chi connectivity index (χ4v) is 4.09. The molecule has 206 valence electrons. The Morgan fingerprint density at radius 3 is 2.30 bits per heavy atom. The molecule has 0 saturated carbocycles. The van der Waals surface area contributed by atoms with Crippen LogP contribution in [0.3, 0.4) is 0 Å². The Morgan fingerprint density at radius 1 is 0.950 bits per heavy atom. The van der Waals surface area contributed by atoms with Crippen LogP contribution in [0.15, 0.2) is 97.6 Å².